The average Bonchev–Trinajstić information content (AvgIpc) is 3.42. The lowest BCUT2D eigenvalue weighted by Crippen LogP contribution is -1.94. The molecular weight excluding hydrogens is 432 g/mol. The standard InChI is InChI=1S/C31H20N2S/c32-19-20-10-13-23(14-11-20)33-28-15-12-22(21-6-2-1-3-7-21)16-25(28)26-18-31-27(17-29(26)33)24-8-4-5-9-30(24)34-31/h1-19,32H. The molecule has 0 aliphatic heterocycles. The summed E-state index contributed by atoms with van der Waals surface area (Å²) < 4.78 is 5.00. The number of nitrogens with zero attached hydrogens (tertiary/aromatic N) is 1. The van der Waals surface area contributed by atoms with Gasteiger partial charge in [0.1, 0.15) is 0 Å². The first kappa shape index (κ1) is 19.3. The van der Waals surface area contributed by atoms with Crippen LogP contribution in [-0.2, 0) is 0 Å². The quantitative estimate of drug-likeness (QED) is 0.260. The Bertz CT molecular complexity index is 1860. The van der Waals surface area contributed by atoms with Crippen LogP contribution in [-0.4, -0.2) is 10.8 Å². The molecule has 0 spiro atoms. The minimum atomic E-state index is 0.905. The van der Waals surface area contributed by atoms with Crippen LogP contribution in [0.3, 0.4) is 0 Å². The highest BCUT2D eigenvalue weighted by Gasteiger charge is 2.16. The zero-order valence-electron chi connectivity index (χ0n) is 18.3. The Morgan fingerprint density at radius 2 is 1.32 bits per heavy atom. The van der Waals surface area contributed by atoms with Gasteiger partial charge in [0.25, 0.3) is 0 Å². The molecule has 0 unspecified atom stereocenters. The lowest BCUT2D eigenvalue weighted by molar-refractivity contribution is 1.18. The zero-order valence-corrected chi connectivity index (χ0v) is 19.1. The number of thiophene rings is 1. The number of hydrogen-bond acceptors (Lipinski definition) is 2. The van der Waals surface area contributed by atoms with Gasteiger partial charge in [0.15, 0.2) is 0 Å². The molecule has 3 heteroatoms. The van der Waals surface area contributed by atoms with Crippen LogP contribution in [0, 0.1) is 5.41 Å². The molecule has 0 radical (unpaired) electrons. The monoisotopic (exact) mass is 452 g/mol. The molecule has 0 aliphatic rings. The predicted octanol–water partition coefficient (Wildman–Crippen LogP) is 8.82. The predicted molar refractivity (Wildman–Crippen MR) is 147 cm³/mol. The number of benzene rings is 5. The fourth-order valence-corrected chi connectivity index (χ4v) is 6.17. The highest BCUT2D eigenvalue weighted by Crippen LogP contribution is 2.41. The molecule has 0 bridgehead atoms. The summed E-state index contributed by atoms with van der Waals surface area (Å²) in [5.74, 6) is 0. The second kappa shape index (κ2) is 7.41. The third kappa shape index (κ3) is 2.84. The summed E-state index contributed by atoms with van der Waals surface area (Å²) in [6.07, 6.45) is 1.39. The van der Waals surface area contributed by atoms with Crippen molar-refractivity contribution in [3.8, 4) is 16.8 Å². The molecule has 0 amide bonds. The van der Waals surface area contributed by atoms with E-state index in [0.717, 1.165) is 11.3 Å². The van der Waals surface area contributed by atoms with Crippen molar-refractivity contribution in [3.63, 3.8) is 0 Å². The van der Waals surface area contributed by atoms with E-state index in [9.17, 15) is 0 Å². The van der Waals surface area contributed by atoms with Gasteiger partial charge >= 0.3 is 0 Å². The van der Waals surface area contributed by atoms with Crippen molar-refractivity contribution in [2.75, 3.05) is 0 Å². The first-order valence-electron chi connectivity index (χ1n) is 11.4. The fraction of sp³-hybridized carbons (Fsp3) is 0. The van der Waals surface area contributed by atoms with Crippen molar-refractivity contribution >= 4 is 59.5 Å². The lowest BCUT2D eigenvalue weighted by atomic mass is 10.0. The van der Waals surface area contributed by atoms with E-state index in [1.165, 1.54) is 59.3 Å². The van der Waals surface area contributed by atoms with Crippen molar-refractivity contribution in [1.29, 1.82) is 5.41 Å². The van der Waals surface area contributed by atoms with E-state index in [4.69, 9.17) is 5.41 Å². The molecule has 160 valence electrons. The molecule has 0 aliphatic carbocycles. The average molecular weight is 453 g/mol. The summed E-state index contributed by atoms with van der Waals surface area (Å²) in [6.45, 7) is 0. The Labute approximate surface area is 200 Å². The van der Waals surface area contributed by atoms with E-state index in [-0.39, 0.29) is 0 Å². The maximum atomic E-state index is 7.58. The highest BCUT2D eigenvalue weighted by atomic mass is 32.1. The Morgan fingerprint density at radius 1 is 0.559 bits per heavy atom. The summed E-state index contributed by atoms with van der Waals surface area (Å²) >= 11 is 1.86. The van der Waals surface area contributed by atoms with Crippen molar-refractivity contribution in [2.24, 2.45) is 0 Å². The van der Waals surface area contributed by atoms with Crippen LogP contribution in [0.1, 0.15) is 5.56 Å². The summed E-state index contributed by atoms with van der Waals surface area (Å²) in [4.78, 5) is 0. The molecule has 7 rings (SSSR count). The molecule has 2 nitrogen and oxygen atoms in total. The van der Waals surface area contributed by atoms with E-state index >= 15 is 0 Å². The van der Waals surface area contributed by atoms with E-state index < -0.39 is 0 Å². The Hall–Kier alpha value is -4.21. The Kier molecular flexibility index (Phi) is 4.20. The van der Waals surface area contributed by atoms with Gasteiger partial charge in [0.05, 0.1) is 11.0 Å². The number of nitrogens with one attached hydrogen (secondary N) is 1. The van der Waals surface area contributed by atoms with Gasteiger partial charge < -0.3 is 9.98 Å². The number of fused-ring (bicyclic) bond motifs is 6. The highest BCUT2D eigenvalue weighted by molar-refractivity contribution is 7.25. The third-order valence-electron chi connectivity index (χ3n) is 6.69. The van der Waals surface area contributed by atoms with Crippen LogP contribution in [0.2, 0.25) is 0 Å². The topological polar surface area (TPSA) is 28.8 Å². The van der Waals surface area contributed by atoms with Gasteiger partial charge in [0.2, 0.25) is 0 Å². The zero-order chi connectivity index (χ0) is 22.6. The van der Waals surface area contributed by atoms with Crippen LogP contribution in [0.4, 0.5) is 0 Å². The molecule has 34 heavy (non-hydrogen) atoms. The molecule has 0 fully saturated rings. The number of aromatic nitrogens is 1. The van der Waals surface area contributed by atoms with E-state index in [1.54, 1.807) is 0 Å². The van der Waals surface area contributed by atoms with Gasteiger partial charge in [0, 0.05) is 42.8 Å². The van der Waals surface area contributed by atoms with E-state index in [1.807, 2.05) is 23.5 Å². The summed E-state index contributed by atoms with van der Waals surface area (Å²) in [5.41, 5.74) is 6.86. The van der Waals surface area contributed by atoms with Crippen molar-refractivity contribution in [3.05, 3.63) is 115 Å². The van der Waals surface area contributed by atoms with Gasteiger partial charge in [-0.3, -0.25) is 0 Å². The first-order valence-corrected chi connectivity index (χ1v) is 12.2. The molecule has 0 saturated carbocycles. The molecule has 0 atom stereocenters. The third-order valence-corrected chi connectivity index (χ3v) is 7.82. The van der Waals surface area contributed by atoms with Crippen LogP contribution in [0.5, 0.6) is 0 Å². The number of rotatable bonds is 3. The summed E-state index contributed by atoms with van der Waals surface area (Å²) in [6, 6.07) is 39.0. The van der Waals surface area contributed by atoms with E-state index in [2.05, 4.69) is 102 Å². The molecule has 2 aromatic heterocycles. The van der Waals surface area contributed by atoms with Gasteiger partial charge in [-0.1, -0.05) is 66.7 Å². The molecule has 5 aromatic carbocycles. The minimum Gasteiger partial charge on any atom is -0.309 e. The largest absolute Gasteiger partial charge is 0.309 e. The smallest absolute Gasteiger partial charge is 0.0548 e. The second-order valence-corrected chi connectivity index (χ2v) is 9.72. The molecule has 7 aromatic rings. The maximum Gasteiger partial charge on any atom is 0.0548 e. The lowest BCUT2D eigenvalue weighted by Gasteiger charge is -2.09. The molecular formula is C31H20N2S. The van der Waals surface area contributed by atoms with Crippen molar-refractivity contribution in [2.45, 2.75) is 0 Å². The van der Waals surface area contributed by atoms with Crippen molar-refractivity contribution in [1.82, 2.24) is 4.57 Å². The second-order valence-electron chi connectivity index (χ2n) is 8.63. The van der Waals surface area contributed by atoms with Gasteiger partial charge in [-0.15, -0.1) is 11.3 Å². The van der Waals surface area contributed by atoms with E-state index in [0.29, 0.717) is 0 Å². The summed E-state index contributed by atoms with van der Waals surface area (Å²) in [5, 5.41) is 12.7. The fourth-order valence-electron chi connectivity index (χ4n) is 5.05. The van der Waals surface area contributed by atoms with Gasteiger partial charge in [-0.25, -0.2) is 0 Å². The number of hydrogen-bond donors (Lipinski definition) is 1. The van der Waals surface area contributed by atoms with Gasteiger partial charge in [-0.05, 0) is 59.2 Å². The molecule has 2 heterocycles. The molecule has 0 saturated heterocycles. The summed E-state index contributed by atoms with van der Waals surface area (Å²) in [7, 11) is 0. The van der Waals surface area contributed by atoms with Gasteiger partial charge in [-0.2, -0.15) is 0 Å². The van der Waals surface area contributed by atoms with Crippen molar-refractivity contribution < 1.29 is 0 Å². The first-order chi connectivity index (χ1) is 16.8. The SMILES string of the molecule is N=Cc1ccc(-n2c3ccc(-c4ccccc4)cc3c3cc4sc5ccccc5c4cc32)cc1. The van der Waals surface area contributed by atoms with Crippen LogP contribution < -0.4 is 0 Å². The molecule has 1 N–H and O–H groups in total. The maximum absolute atomic E-state index is 7.58. The normalized spacial score (nSPS) is 11.6. The van der Waals surface area contributed by atoms with Crippen LogP contribution >= 0.6 is 11.3 Å². The van der Waals surface area contributed by atoms with Crippen LogP contribution in [0.25, 0.3) is 58.8 Å². The Balaban J connectivity index is 1.60. The minimum absolute atomic E-state index is 0.905. The Morgan fingerprint density at radius 3 is 2.15 bits per heavy atom. The van der Waals surface area contributed by atoms with Crippen LogP contribution in [0.15, 0.2) is 109 Å².